The molecule has 0 bridgehead atoms. The van der Waals surface area contributed by atoms with Gasteiger partial charge in [0.05, 0.1) is 0 Å². The Morgan fingerprint density at radius 1 is 0.186 bits per heavy atom. The average Bonchev–Trinajstić information content (AvgIpc) is 4.04. The molecule has 0 fully saturated rings. The fourth-order valence-corrected chi connectivity index (χ4v) is 14.1. The third-order valence-corrected chi connectivity index (χ3v) is 16.9. The summed E-state index contributed by atoms with van der Waals surface area (Å²) in [4.78, 5) is 0. The Bertz CT molecular complexity index is 4830. The molecule has 0 heteroatoms. The third kappa shape index (κ3) is 4.40. The number of hydrogen-bond acceptors (Lipinski definition) is 0. The monoisotopic (exact) mass is 880 g/mol. The SMILES string of the molecule is Cc1ccccc1-c1c2ccccc2c(-c2ccccc2C)c2cc3c(cc12)-c1ccc2c4ccc5c6c(-c7ccccc7)c7cccc8c9ccccc9c(c78)c6c6ccc(c7ccc-3c1c27)c4c56. The van der Waals surface area contributed by atoms with Gasteiger partial charge in [-0.25, -0.2) is 0 Å². The first-order chi connectivity index (χ1) is 34.6. The first kappa shape index (κ1) is 37.2. The summed E-state index contributed by atoms with van der Waals surface area (Å²) in [6.07, 6.45) is 0. The topological polar surface area (TPSA) is 0 Å². The van der Waals surface area contributed by atoms with E-state index in [0.29, 0.717) is 0 Å². The quantitative estimate of drug-likeness (QED) is 0.123. The number of hydrogen-bond donors (Lipinski definition) is 0. The van der Waals surface area contributed by atoms with Crippen molar-refractivity contribution in [3.05, 3.63) is 217 Å². The summed E-state index contributed by atoms with van der Waals surface area (Å²) in [6, 6.07) is 78.9. The molecule has 0 aliphatic heterocycles. The summed E-state index contributed by atoms with van der Waals surface area (Å²) in [6.45, 7) is 4.52. The summed E-state index contributed by atoms with van der Waals surface area (Å²) in [7, 11) is 0. The number of fused-ring (bicyclic) bond motifs is 14. The molecule has 1 aliphatic rings. The van der Waals surface area contributed by atoms with Crippen LogP contribution in [0.15, 0.2) is 206 Å². The smallest absolute Gasteiger partial charge is 0.000696 e. The molecular weight excluding hydrogens is 841 g/mol. The fraction of sp³-hybridized carbons (Fsp3) is 0.0286. The zero-order valence-electron chi connectivity index (χ0n) is 38.6. The highest BCUT2D eigenvalue weighted by molar-refractivity contribution is 6.51. The highest BCUT2D eigenvalue weighted by Gasteiger charge is 2.30. The van der Waals surface area contributed by atoms with Crippen LogP contribution in [-0.4, -0.2) is 0 Å². The van der Waals surface area contributed by atoms with Crippen molar-refractivity contribution in [1.29, 1.82) is 0 Å². The molecule has 0 saturated carbocycles. The van der Waals surface area contributed by atoms with Crippen molar-refractivity contribution in [2.24, 2.45) is 0 Å². The van der Waals surface area contributed by atoms with Crippen molar-refractivity contribution < 1.29 is 0 Å². The van der Waals surface area contributed by atoms with Crippen LogP contribution >= 0.6 is 0 Å². The second-order valence-corrected chi connectivity index (χ2v) is 20.2. The second-order valence-electron chi connectivity index (χ2n) is 20.2. The van der Waals surface area contributed by atoms with Crippen LogP contribution in [0.4, 0.5) is 0 Å². The van der Waals surface area contributed by atoms with E-state index in [1.165, 1.54) is 185 Å². The Kier molecular flexibility index (Phi) is 6.92. The van der Waals surface area contributed by atoms with Crippen molar-refractivity contribution in [2.45, 2.75) is 13.8 Å². The Labute approximate surface area is 403 Å². The van der Waals surface area contributed by atoms with Gasteiger partial charge in [0.15, 0.2) is 0 Å². The number of benzene rings is 14. The molecule has 0 nitrogen and oxygen atoms in total. The lowest BCUT2D eigenvalue weighted by Gasteiger charge is -2.21. The van der Waals surface area contributed by atoms with Gasteiger partial charge in [-0.15, -0.1) is 0 Å². The van der Waals surface area contributed by atoms with Gasteiger partial charge in [0, 0.05) is 0 Å². The molecule has 0 heterocycles. The Morgan fingerprint density at radius 2 is 0.571 bits per heavy atom. The summed E-state index contributed by atoms with van der Waals surface area (Å²) >= 11 is 0. The van der Waals surface area contributed by atoms with Gasteiger partial charge in [-0.2, -0.15) is 0 Å². The Morgan fingerprint density at radius 3 is 1.17 bits per heavy atom. The van der Waals surface area contributed by atoms with E-state index >= 15 is 0 Å². The van der Waals surface area contributed by atoms with Crippen LogP contribution < -0.4 is 0 Å². The third-order valence-electron chi connectivity index (χ3n) is 16.9. The molecule has 1 aliphatic carbocycles. The molecule has 16 aromatic rings. The van der Waals surface area contributed by atoms with Crippen LogP contribution in [0.3, 0.4) is 0 Å². The van der Waals surface area contributed by atoms with Crippen LogP contribution in [0.25, 0.3) is 174 Å². The summed E-state index contributed by atoms with van der Waals surface area (Å²) in [5, 5.41) is 29.6. The van der Waals surface area contributed by atoms with E-state index in [9.17, 15) is 0 Å². The van der Waals surface area contributed by atoms with E-state index < -0.39 is 0 Å². The minimum atomic E-state index is 1.27. The fourth-order valence-electron chi connectivity index (χ4n) is 14.1. The van der Waals surface area contributed by atoms with Gasteiger partial charge >= 0.3 is 0 Å². The van der Waals surface area contributed by atoms with Gasteiger partial charge in [0.2, 0.25) is 0 Å². The van der Waals surface area contributed by atoms with E-state index in [1.807, 2.05) is 0 Å². The van der Waals surface area contributed by atoms with Gasteiger partial charge in [0.25, 0.3) is 0 Å². The van der Waals surface area contributed by atoms with E-state index in [0.717, 1.165) is 0 Å². The van der Waals surface area contributed by atoms with E-state index in [2.05, 4.69) is 220 Å². The van der Waals surface area contributed by atoms with Crippen molar-refractivity contribution in [3.63, 3.8) is 0 Å². The van der Waals surface area contributed by atoms with Crippen LogP contribution in [-0.2, 0) is 0 Å². The highest BCUT2D eigenvalue weighted by Crippen LogP contribution is 2.58. The molecule has 16 aromatic carbocycles. The van der Waals surface area contributed by atoms with E-state index in [-0.39, 0.29) is 0 Å². The van der Waals surface area contributed by atoms with Crippen molar-refractivity contribution in [3.8, 4) is 55.6 Å². The van der Waals surface area contributed by atoms with Gasteiger partial charge in [-0.05, 0) is 211 Å². The molecule has 0 aromatic heterocycles. The zero-order valence-corrected chi connectivity index (χ0v) is 38.6. The molecule has 0 N–H and O–H groups in total. The Balaban J connectivity index is 1.00. The molecule has 0 unspecified atom stereocenters. The summed E-state index contributed by atoms with van der Waals surface area (Å²) in [5.41, 5.74) is 15.7. The molecule has 17 rings (SSSR count). The van der Waals surface area contributed by atoms with Gasteiger partial charge in [0.1, 0.15) is 0 Å². The first-order valence-electron chi connectivity index (χ1n) is 24.8. The lowest BCUT2D eigenvalue weighted by atomic mass is 9.82. The summed E-state index contributed by atoms with van der Waals surface area (Å²) < 4.78 is 0. The molecule has 0 amide bonds. The second kappa shape index (κ2) is 13.0. The van der Waals surface area contributed by atoms with Crippen LogP contribution in [0, 0.1) is 13.8 Å². The molecule has 0 atom stereocenters. The molecule has 0 saturated heterocycles. The standard InChI is InChI=1S/C70H40/c1-37-15-6-8-19-40(37)61-45-23-12-13-24-46(45)62(41-20-9-7-16-38(41)2)59-36-57-52-30-28-48-50-32-34-55-67-54(33-31-49(64(50)67)47-27-29-51(65(52)63(47)48)56(57)35-58(59)61)69-60(39-17-4-3-5-18-39)53-26-14-25-43-42-21-10-11-22-44(42)68(66(43)53)70(55)69/h3-36H,1-2H3. The van der Waals surface area contributed by atoms with Crippen molar-refractivity contribution >= 4 is 118 Å². The van der Waals surface area contributed by atoms with Gasteiger partial charge in [-0.3, -0.25) is 0 Å². The largest absolute Gasteiger partial charge is 0.0622 e. The average molecular weight is 881 g/mol. The summed E-state index contributed by atoms with van der Waals surface area (Å²) in [5.74, 6) is 0. The molecule has 70 heavy (non-hydrogen) atoms. The molecule has 0 radical (unpaired) electrons. The van der Waals surface area contributed by atoms with Gasteiger partial charge in [-0.1, -0.05) is 194 Å². The van der Waals surface area contributed by atoms with Crippen molar-refractivity contribution in [1.82, 2.24) is 0 Å². The molecule has 0 spiro atoms. The Hall–Kier alpha value is -8.84. The highest BCUT2D eigenvalue weighted by atomic mass is 14.3. The number of aryl methyl sites for hydroxylation is 2. The zero-order chi connectivity index (χ0) is 45.7. The van der Waals surface area contributed by atoms with Crippen LogP contribution in [0.1, 0.15) is 11.1 Å². The molecular formula is C70H40. The van der Waals surface area contributed by atoms with Crippen LogP contribution in [0.5, 0.6) is 0 Å². The minimum absolute atomic E-state index is 1.27. The predicted molar refractivity (Wildman–Crippen MR) is 303 cm³/mol. The lowest BCUT2D eigenvalue weighted by molar-refractivity contribution is 1.47. The van der Waals surface area contributed by atoms with E-state index in [4.69, 9.17) is 0 Å². The van der Waals surface area contributed by atoms with E-state index in [1.54, 1.807) is 0 Å². The lowest BCUT2D eigenvalue weighted by Crippen LogP contribution is -1.94. The maximum Gasteiger partial charge on any atom is -0.000696 e. The predicted octanol–water partition coefficient (Wildman–Crippen LogP) is 20.0. The molecule has 320 valence electrons. The maximum atomic E-state index is 2.55. The van der Waals surface area contributed by atoms with Crippen LogP contribution in [0.2, 0.25) is 0 Å². The number of rotatable bonds is 3. The maximum absolute atomic E-state index is 2.55. The normalized spacial score (nSPS) is 12.7. The minimum Gasteiger partial charge on any atom is -0.0622 e. The van der Waals surface area contributed by atoms with Gasteiger partial charge < -0.3 is 0 Å². The first-order valence-corrected chi connectivity index (χ1v) is 24.8. The van der Waals surface area contributed by atoms with Crippen molar-refractivity contribution in [2.75, 3.05) is 0 Å².